The Bertz CT molecular complexity index is 671. The molecular weight excluding hydrogens is 408 g/mol. The van der Waals surface area contributed by atoms with Gasteiger partial charge in [0.1, 0.15) is 5.75 Å². The van der Waals surface area contributed by atoms with Gasteiger partial charge in [0.05, 0.1) is 17.0 Å². The van der Waals surface area contributed by atoms with Crippen LogP contribution in [0, 0.1) is 0 Å². The minimum Gasteiger partial charge on any atom is -0.494 e. The SMILES string of the molecule is CCOc1ccc(Br)cc1C(c1ccc(Cl)s1)N1CCCNCC1. The lowest BCUT2D eigenvalue weighted by atomic mass is 10.0. The Hall–Kier alpha value is -0.590. The zero-order valence-corrected chi connectivity index (χ0v) is 16.9. The summed E-state index contributed by atoms with van der Waals surface area (Å²) in [5, 5.41) is 3.49. The molecule has 2 aromatic rings. The summed E-state index contributed by atoms with van der Waals surface area (Å²) in [6.45, 7) is 6.84. The summed E-state index contributed by atoms with van der Waals surface area (Å²) in [6.07, 6.45) is 1.15. The highest BCUT2D eigenvalue weighted by Gasteiger charge is 2.27. The van der Waals surface area contributed by atoms with Gasteiger partial charge in [0, 0.05) is 34.5 Å². The Morgan fingerprint density at radius 3 is 2.92 bits per heavy atom. The van der Waals surface area contributed by atoms with Crippen LogP contribution >= 0.6 is 38.9 Å². The molecular formula is C18H22BrClN2OS. The van der Waals surface area contributed by atoms with Crippen molar-refractivity contribution in [3.8, 4) is 5.75 Å². The summed E-state index contributed by atoms with van der Waals surface area (Å²) >= 11 is 11.5. The predicted molar refractivity (Wildman–Crippen MR) is 106 cm³/mol. The van der Waals surface area contributed by atoms with Crippen molar-refractivity contribution in [1.82, 2.24) is 10.2 Å². The van der Waals surface area contributed by atoms with Gasteiger partial charge in [-0.15, -0.1) is 11.3 Å². The van der Waals surface area contributed by atoms with Crippen molar-refractivity contribution in [3.63, 3.8) is 0 Å². The topological polar surface area (TPSA) is 24.5 Å². The van der Waals surface area contributed by atoms with Gasteiger partial charge in [-0.25, -0.2) is 0 Å². The largest absolute Gasteiger partial charge is 0.494 e. The van der Waals surface area contributed by atoms with Crippen molar-refractivity contribution in [1.29, 1.82) is 0 Å². The summed E-state index contributed by atoms with van der Waals surface area (Å²) in [4.78, 5) is 3.80. The maximum atomic E-state index is 6.24. The van der Waals surface area contributed by atoms with Gasteiger partial charge in [0.15, 0.2) is 0 Å². The lowest BCUT2D eigenvalue weighted by molar-refractivity contribution is 0.236. The Labute approximate surface area is 161 Å². The second kappa shape index (κ2) is 8.68. The minimum atomic E-state index is 0.168. The van der Waals surface area contributed by atoms with Crippen molar-refractivity contribution in [2.45, 2.75) is 19.4 Å². The van der Waals surface area contributed by atoms with E-state index in [4.69, 9.17) is 16.3 Å². The molecule has 1 aliphatic rings. The van der Waals surface area contributed by atoms with Crippen molar-refractivity contribution in [2.24, 2.45) is 0 Å². The highest BCUT2D eigenvalue weighted by Crippen LogP contribution is 2.40. The number of nitrogens with zero attached hydrogens (tertiary/aromatic N) is 1. The van der Waals surface area contributed by atoms with Crippen LogP contribution in [0.3, 0.4) is 0 Å². The van der Waals surface area contributed by atoms with Gasteiger partial charge in [-0.2, -0.15) is 0 Å². The zero-order chi connectivity index (χ0) is 16.9. The second-order valence-corrected chi connectivity index (χ2v) is 8.46. The molecule has 1 fully saturated rings. The number of thiophene rings is 1. The molecule has 0 saturated carbocycles. The van der Waals surface area contributed by atoms with Crippen LogP contribution in [-0.4, -0.2) is 37.7 Å². The fourth-order valence-electron chi connectivity index (χ4n) is 3.15. The molecule has 1 aliphatic heterocycles. The molecule has 0 radical (unpaired) electrons. The molecule has 1 unspecified atom stereocenters. The third-order valence-electron chi connectivity index (χ3n) is 4.17. The van der Waals surface area contributed by atoms with Crippen LogP contribution in [0.25, 0.3) is 0 Å². The second-order valence-electron chi connectivity index (χ2n) is 5.80. The van der Waals surface area contributed by atoms with E-state index < -0.39 is 0 Å². The first-order valence-corrected chi connectivity index (χ1v) is 10.3. The van der Waals surface area contributed by atoms with Gasteiger partial charge >= 0.3 is 0 Å². The van der Waals surface area contributed by atoms with Crippen molar-refractivity contribution >= 4 is 38.9 Å². The van der Waals surface area contributed by atoms with Gasteiger partial charge in [0.2, 0.25) is 0 Å². The van der Waals surface area contributed by atoms with E-state index in [0.717, 1.165) is 47.2 Å². The molecule has 0 amide bonds. The van der Waals surface area contributed by atoms with E-state index in [-0.39, 0.29) is 6.04 Å². The van der Waals surface area contributed by atoms with Gasteiger partial charge in [-0.3, -0.25) is 4.90 Å². The predicted octanol–water partition coefficient (Wildman–Crippen LogP) is 4.95. The van der Waals surface area contributed by atoms with Gasteiger partial charge in [-0.05, 0) is 50.2 Å². The maximum absolute atomic E-state index is 6.24. The third kappa shape index (κ3) is 4.33. The Balaban J connectivity index is 2.05. The molecule has 2 heterocycles. The van der Waals surface area contributed by atoms with Crippen molar-refractivity contribution in [3.05, 3.63) is 49.6 Å². The summed E-state index contributed by atoms with van der Waals surface area (Å²) in [7, 11) is 0. The van der Waals surface area contributed by atoms with Crippen molar-refractivity contribution in [2.75, 3.05) is 32.8 Å². The Morgan fingerprint density at radius 2 is 2.17 bits per heavy atom. The van der Waals surface area contributed by atoms with E-state index in [0.29, 0.717) is 6.61 Å². The molecule has 0 aliphatic carbocycles. The highest BCUT2D eigenvalue weighted by molar-refractivity contribution is 9.10. The number of nitrogens with one attached hydrogen (secondary N) is 1. The molecule has 24 heavy (non-hydrogen) atoms. The average Bonchev–Trinajstić information content (AvgIpc) is 2.82. The molecule has 3 nitrogen and oxygen atoms in total. The fourth-order valence-corrected chi connectivity index (χ4v) is 4.74. The quantitative estimate of drug-likeness (QED) is 0.728. The molecule has 1 N–H and O–H groups in total. The first-order chi connectivity index (χ1) is 11.7. The molecule has 130 valence electrons. The number of ether oxygens (including phenoxy) is 1. The van der Waals surface area contributed by atoms with Crippen LogP contribution < -0.4 is 10.1 Å². The molecule has 0 spiro atoms. The molecule has 6 heteroatoms. The lowest BCUT2D eigenvalue weighted by Gasteiger charge is -2.31. The van der Waals surface area contributed by atoms with Gasteiger partial charge in [-0.1, -0.05) is 27.5 Å². The Kier molecular flexibility index (Phi) is 6.58. The monoisotopic (exact) mass is 428 g/mol. The summed E-state index contributed by atoms with van der Waals surface area (Å²) in [6, 6.07) is 10.6. The summed E-state index contributed by atoms with van der Waals surface area (Å²) < 4.78 is 7.83. The lowest BCUT2D eigenvalue weighted by Crippen LogP contribution is -2.32. The van der Waals surface area contributed by atoms with E-state index in [1.807, 2.05) is 19.1 Å². The molecule has 1 atom stereocenters. The van der Waals surface area contributed by atoms with Crippen LogP contribution in [0.4, 0.5) is 0 Å². The normalized spacial score (nSPS) is 17.5. The minimum absolute atomic E-state index is 0.168. The Morgan fingerprint density at radius 1 is 1.29 bits per heavy atom. The van der Waals surface area contributed by atoms with E-state index >= 15 is 0 Å². The van der Waals surface area contributed by atoms with Crippen LogP contribution in [0.15, 0.2) is 34.8 Å². The number of hydrogen-bond acceptors (Lipinski definition) is 4. The van der Waals surface area contributed by atoms with E-state index in [9.17, 15) is 0 Å². The fraction of sp³-hybridized carbons (Fsp3) is 0.444. The average molecular weight is 430 g/mol. The standard InChI is InChI=1S/C18H22BrClN2OS/c1-2-23-15-5-4-13(19)12-14(15)18(16-6-7-17(20)24-16)22-10-3-8-21-9-11-22/h4-7,12,18,21H,2-3,8-11H2,1H3. The van der Waals surface area contributed by atoms with Crippen LogP contribution in [-0.2, 0) is 0 Å². The van der Waals surface area contributed by atoms with Crippen LogP contribution in [0.5, 0.6) is 5.75 Å². The summed E-state index contributed by atoms with van der Waals surface area (Å²) in [5.41, 5.74) is 1.20. The van der Waals surface area contributed by atoms with E-state index in [1.54, 1.807) is 11.3 Å². The summed E-state index contributed by atoms with van der Waals surface area (Å²) in [5.74, 6) is 0.951. The van der Waals surface area contributed by atoms with Crippen LogP contribution in [0.2, 0.25) is 4.34 Å². The molecule has 1 aromatic carbocycles. The number of halogens is 2. The molecule has 0 bridgehead atoms. The van der Waals surface area contributed by atoms with Crippen LogP contribution in [0.1, 0.15) is 29.8 Å². The first-order valence-electron chi connectivity index (χ1n) is 8.31. The number of rotatable bonds is 5. The number of benzene rings is 1. The molecule has 1 saturated heterocycles. The van der Waals surface area contributed by atoms with Gasteiger partial charge < -0.3 is 10.1 Å². The first kappa shape index (κ1) is 18.2. The van der Waals surface area contributed by atoms with Crippen molar-refractivity contribution < 1.29 is 4.74 Å². The smallest absolute Gasteiger partial charge is 0.124 e. The zero-order valence-electron chi connectivity index (χ0n) is 13.7. The molecule has 3 rings (SSSR count). The van der Waals surface area contributed by atoms with E-state index in [1.165, 1.54) is 10.4 Å². The van der Waals surface area contributed by atoms with Gasteiger partial charge in [0.25, 0.3) is 0 Å². The number of hydrogen-bond donors (Lipinski definition) is 1. The molecule has 1 aromatic heterocycles. The maximum Gasteiger partial charge on any atom is 0.124 e. The third-order valence-corrected chi connectivity index (χ3v) is 5.95. The highest BCUT2D eigenvalue weighted by atomic mass is 79.9. The van der Waals surface area contributed by atoms with E-state index in [2.05, 4.69) is 44.3 Å².